The van der Waals surface area contributed by atoms with Gasteiger partial charge in [0.1, 0.15) is 10.6 Å². The lowest BCUT2D eigenvalue weighted by molar-refractivity contribution is -0.0462. The zero-order chi connectivity index (χ0) is 22.9. The number of benzene rings is 2. The number of likely N-dealkylation sites (N-methyl/N-ethyl adjacent to an activating group) is 1. The van der Waals surface area contributed by atoms with E-state index in [0.717, 1.165) is 43.1 Å². The predicted octanol–water partition coefficient (Wildman–Crippen LogP) is 3.63. The van der Waals surface area contributed by atoms with Gasteiger partial charge in [0.2, 0.25) is 10.0 Å². The second kappa shape index (κ2) is 9.69. The lowest BCUT2D eigenvalue weighted by Gasteiger charge is -2.52. The number of ether oxygens (including phenoxy) is 1. The summed E-state index contributed by atoms with van der Waals surface area (Å²) in [6.07, 6.45) is 1.49. The molecular formula is C24H32ClN3O3S. The van der Waals surface area contributed by atoms with Crippen molar-refractivity contribution in [1.82, 2.24) is 14.1 Å². The maximum Gasteiger partial charge on any atom is 0.248 e. The average molecular weight is 478 g/mol. The van der Waals surface area contributed by atoms with Crippen molar-refractivity contribution in [1.29, 1.82) is 0 Å². The third-order valence-corrected chi connectivity index (χ3v) is 8.78. The number of methoxy groups -OCH3 is 1. The van der Waals surface area contributed by atoms with Crippen LogP contribution in [0.15, 0.2) is 47.4 Å². The number of hydrogen-bond acceptors (Lipinski definition) is 5. The molecule has 6 nitrogen and oxygen atoms in total. The van der Waals surface area contributed by atoms with E-state index in [4.69, 9.17) is 16.3 Å². The number of nitrogens with zero attached hydrogens (tertiary/aromatic N) is 3. The van der Waals surface area contributed by atoms with Gasteiger partial charge in [-0.3, -0.25) is 9.80 Å². The molecule has 4 rings (SSSR count). The summed E-state index contributed by atoms with van der Waals surface area (Å²) in [7, 11) is -2.19. The molecule has 0 amide bonds. The van der Waals surface area contributed by atoms with Crippen molar-refractivity contribution in [2.24, 2.45) is 0 Å². The Kier molecular flexibility index (Phi) is 7.12. The van der Waals surface area contributed by atoms with Gasteiger partial charge in [0.05, 0.1) is 13.3 Å². The summed E-state index contributed by atoms with van der Waals surface area (Å²) in [4.78, 5) is 5.01. The minimum atomic E-state index is -3.71. The van der Waals surface area contributed by atoms with E-state index in [1.54, 1.807) is 16.4 Å². The first-order valence-electron chi connectivity index (χ1n) is 11.2. The van der Waals surface area contributed by atoms with Crippen molar-refractivity contribution in [2.45, 2.75) is 43.8 Å². The second-order valence-corrected chi connectivity index (χ2v) is 11.0. The minimum absolute atomic E-state index is 0.190. The first kappa shape index (κ1) is 23.5. The highest BCUT2D eigenvalue weighted by Crippen LogP contribution is 2.34. The van der Waals surface area contributed by atoms with Crippen LogP contribution in [0.3, 0.4) is 0 Å². The Labute approximate surface area is 196 Å². The number of hydrogen-bond donors (Lipinski definition) is 0. The first-order valence-corrected chi connectivity index (χ1v) is 13.0. The molecule has 2 heterocycles. The zero-order valence-corrected chi connectivity index (χ0v) is 20.6. The fraction of sp³-hybridized carbons (Fsp3) is 0.500. The third kappa shape index (κ3) is 4.68. The Morgan fingerprint density at radius 1 is 1.09 bits per heavy atom. The van der Waals surface area contributed by atoms with Crippen LogP contribution in [0.4, 0.5) is 0 Å². The lowest BCUT2D eigenvalue weighted by atomic mass is 9.99. The molecule has 2 aliphatic heterocycles. The molecule has 2 aromatic carbocycles. The molecule has 0 N–H and O–H groups in total. The molecule has 0 spiro atoms. The largest absolute Gasteiger partial charge is 0.495 e. The van der Waals surface area contributed by atoms with Crippen LogP contribution in [-0.2, 0) is 16.4 Å². The van der Waals surface area contributed by atoms with E-state index in [1.807, 2.05) is 25.1 Å². The van der Waals surface area contributed by atoms with Crippen molar-refractivity contribution in [3.8, 4) is 5.75 Å². The molecule has 2 unspecified atom stereocenters. The maximum atomic E-state index is 13.9. The van der Waals surface area contributed by atoms with Gasteiger partial charge in [-0.15, -0.1) is 0 Å². The molecule has 0 radical (unpaired) electrons. The molecule has 2 saturated heterocycles. The number of aryl methyl sites for hydroxylation is 1. The first-order chi connectivity index (χ1) is 15.3. The Hall–Kier alpha value is -1.64. The van der Waals surface area contributed by atoms with Gasteiger partial charge < -0.3 is 4.74 Å². The summed E-state index contributed by atoms with van der Waals surface area (Å²) in [6.45, 7) is 7.99. The van der Waals surface area contributed by atoms with Crippen LogP contribution >= 0.6 is 11.6 Å². The van der Waals surface area contributed by atoms with E-state index in [9.17, 15) is 8.42 Å². The van der Waals surface area contributed by atoms with Crippen molar-refractivity contribution in [3.05, 3.63) is 58.6 Å². The van der Waals surface area contributed by atoms with Crippen LogP contribution < -0.4 is 4.74 Å². The zero-order valence-electron chi connectivity index (χ0n) is 19.0. The highest BCUT2D eigenvalue weighted by molar-refractivity contribution is 7.89. The van der Waals surface area contributed by atoms with E-state index < -0.39 is 10.0 Å². The van der Waals surface area contributed by atoms with Crippen LogP contribution in [0, 0.1) is 6.92 Å². The standard InChI is InChI=1S/C24H32ClN3O3S/c1-4-26-16-21(15-19-7-9-20(25)10-8-19)27-12-5-13-28(24(27)17-26)32(29,30)23-14-18(2)6-11-22(23)31-3/h6-11,14,21,24H,4-5,12-13,15-17H2,1-3H3. The van der Waals surface area contributed by atoms with Gasteiger partial charge in [0, 0.05) is 37.2 Å². The number of sulfonamides is 1. The normalized spacial score (nSPS) is 23.1. The van der Waals surface area contributed by atoms with Crippen LogP contribution in [0.5, 0.6) is 5.75 Å². The number of halogens is 1. The van der Waals surface area contributed by atoms with Gasteiger partial charge >= 0.3 is 0 Å². The van der Waals surface area contributed by atoms with Gasteiger partial charge in [-0.2, -0.15) is 4.31 Å². The average Bonchev–Trinajstić information content (AvgIpc) is 2.80. The van der Waals surface area contributed by atoms with Gasteiger partial charge in [0.15, 0.2) is 0 Å². The van der Waals surface area contributed by atoms with Gasteiger partial charge in [-0.05, 0) is 61.7 Å². The van der Waals surface area contributed by atoms with Gasteiger partial charge in [0.25, 0.3) is 0 Å². The molecule has 0 saturated carbocycles. The SMILES string of the molecule is CCN1CC(Cc2ccc(Cl)cc2)N2CCCN(S(=O)(=O)c3cc(C)ccc3OC)C2C1. The van der Waals surface area contributed by atoms with Crippen LogP contribution in [0.2, 0.25) is 5.02 Å². The molecule has 2 aromatic rings. The topological polar surface area (TPSA) is 53.1 Å². The van der Waals surface area contributed by atoms with E-state index in [0.29, 0.717) is 18.8 Å². The quantitative estimate of drug-likeness (QED) is 0.636. The number of rotatable bonds is 6. The van der Waals surface area contributed by atoms with Crippen LogP contribution in [0.1, 0.15) is 24.5 Å². The molecule has 2 aliphatic rings. The number of piperazine rings is 1. The molecule has 2 fully saturated rings. The second-order valence-electron chi connectivity index (χ2n) is 8.68. The van der Waals surface area contributed by atoms with Crippen LogP contribution in [-0.4, -0.2) is 74.6 Å². The van der Waals surface area contributed by atoms with Gasteiger partial charge in [-0.1, -0.05) is 36.7 Å². The van der Waals surface area contributed by atoms with E-state index in [1.165, 1.54) is 12.7 Å². The Morgan fingerprint density at radius 2 is 1.84 bits per heavy atom. The third-order valence-electron chi connectivity index (χ3n) is 6.61. The summed E-state index contributed by atoms with van der Waals surface area (Å²) in [5, 5.41) is 0.729. The van der Waals surface area contributed by atoms with E-state index in [2.05, 4.69) is 28.9 Å². The summed E-state index contributed by atoms with van der Waals surface area (Å²) < 4.78 is 34.8. The molecule has 32 heavy (non-hydrogen) atoms. The molecule has 2 atom stereocenters. The highest BCUT2D eigenvalue weighted by Gasteiger charge is 2.44. The summed E-state index contributed by atoms with van der Waals surface area (Å²) in [5.41, 5.74) is 2.12. The fourth-order valence-electron chi connectivity index (χ4n) is 4.93. The highest BCUT2D eigenvalue weighted by atomic mass is 35.5. The fourth-order valence-corrected chi connectivity index (χ4v) is 6.92. The maximum absolute atomic E-state index is 13.9. The molecule has 0 aliphatic carbocycles. The Morgan fingerprint density at radius 3 is 2.53 bits per heavy atom. The van der Waals surface area contributed by atoms with Crippen molar-refractivity contribution < 1.29 is 13.2 Å². The molecular weight excluding hydrogens is 446 g/mol. The van der Waals surface area contributed by atoms with Crippen molar-refractivity contribution >= 4 is 21.6 Å². The van der Waals surface area contributed by atoms with Crippen molar-refractivity contribution in [3.63, 3.8) is 0 Å². The summed E-state index contributed by atoms with van der Waals surface area (Å²) in [5.74, 6) is 0.397. The van der Waals surface area contributed by atoms with Gasteiger partial charge in [-0.25, -0.2) is 8.42 Å². The smallest absolute Gasteiger partial charge is 0.248 e. The summed E-state index contributed by atoms with van der Waals surface area (Å²) >= 11 is 6.07. The molecule has 0 bridgehead atoms. The van der Waals surface area contributed by atoms with Crippen molar-refractivity contribution in [2.75, 3.05) is 39.8 Å². The molecule has 8 heteroatoms. The molecule has 0 aromatic heterocycles. The Balaban J connectivity index is 1.66. The minimum Gasteiger partial charge on any atom is -0.495 e. The molecule has 174 valence electrons. The van der Waals surface area contributed by atoms with E-state index >= 15 is 0 Å². The van der Waals surface area contributed by atoms with Crippen LogP contribution in [0.25, 0.3) is 0 Å². The predicted molar refractivity (Wildman–Crippen MR) is 128 cm³/mol. The van der Waals surface area contributed by atoms with E-state index in [-0.39, 0.29) is 17.1 Å². The monoisotopic (exact) mass is 477 g/mol. The number of fused-ring (bicyclic) bond motifs is 1. The summed E-state index contributed by atoms with van der Waals surface area (Å²) in [6, 6.07) is 13.6. The Bertz CT molecular complexity index is 1040. The lowest BCUT2D eigenvalue weighted by Crippen LogP contribution is -2.68.